The number of unbranched alkanes of at least 4 members (excludes halogenated alkanes) is 5. The Labute approximate surface area is 213 Å². The van der Waals surface area contributed by atoms with Crippen LogP contribution < -0.4 is 5.32 Å². The van der Waals surface area contributed by atoms with Crippen LogP contribution in [0.25, 0.3) is 0 Å². The number of aryl methyl sites for hydroxylation is 1. The maximum Gasteiger partial charge on any atom is 0.261 e. The molecular formula is C31H34N2O3. The van der Waals surface area contributed by atoms with Gasteiger partial charge in [0.05, 0.1) is 17.2 Å². The predicted octanol–water partition coefficient (Wildman–Crippen LogP) is 6.23. The molecule has 1 aliphatic rings. The molecule has 5 heteroatoms. The number of benzene rings is 3. The second-order valence-electron chi connectivity index (χ2n) is 9.50. The Bertz CT molecular complexity index is 1150. The van der Waals surface area contributed by atoms with Gasteiger partial charge < -0.3 is 5.32 Å². The molecule has 1 atom stereocenters. The molecule has 3 aromatic rings. The van der Waals surface area contributed by atoms with Crippen molar-refractivity contribution in [2.75, 3.05) is 6.54 Å². The van der Waals surface area contributed by atoms with Crippen molar-refractivity contribution < 1.29 is 14.4 Å². The third kappa shape index (κ3) is 6.28. The summed E-state index contributed by atoms with van der Waals surface area (Å²) in [5.74, 6) is -0.294. The summed E-state index contributed by atoms with van der Waals surface area (Å²) in [4.78, 5) is 38.9. The molecule has 0 saturated heterocycles. The van der Waals surface area contributed by atoms with Crippen LogP contribution in [0.5, 0.6) is 0 Å². The first-order valence-corrected chi connectivity index (χ1v) is 12.9. The summed E-state index contributed by atoms with van der Waals surface area (Å²) in [5.41, 5.74) is 4.38. The minimum atomic E-state index is -0.180. The van der Waals surface area contributed by atoms with Crippen molar-refractivity contribution in [3.05, 3.63) is 107 Å². The molecule has 0 aromatic heterocycles. The zero-order valence-corrected chi connectivity index (χ0v) is 20.9. The van der Waals surface area contributed by atoms with E-state index in [0.717, 1.165) is 49.7 Å². The Morgan fingerprint density at radius 2 is 1.22 bits per heavy atom. The van der Waals surface area contributed by atoms with E-state index in [0.29, 0.717) is 24.1 Å². The highest BCUT2D eigenvalue weighted by atomic mass is 16.2. The fraction of sp³-hybridized carbons (Fsp3) is 0.323. The third-order valence-corrected chi connectivity index (χ3v) is 6.76. The van der Waals surface area contributed by atoms with Crippen LogP contribution in [-0.4, -0.2) is 29.2 Å². The van der Waals surface area contributed by atoms with Gasteiger partial charge in [0.1, 0.15) is 0 Å². The lowest BCUT2D eigenvalue weighted by Gasteiger charge is -2.20. The minimum Gasteiger partial charge on any atom is -0.345 e. The third-order valence-electron chi connectivity index (χ3n) is 6.76. The lowest BCUT2D eigenvalue weighted by molar-refractivity contribution is -0.121. The summed E-state index contributed by atoms with van der Waals surface area (Å²) in [6.45, 7) is 2.53. The SMILES string of the molecule is Cc1ccc(C(NC(=O)CCCCCCCCN2C(=O)c3ccccc3C2=O)c2ccccc2)cc1. The lowest BCUT2D eigenvalue weighted by atomic mass is 9.97. The van der Waals surface area contributed by atoms with Crippen LogP contribution in [-0.2, 0) is 4.79 Å². The van der Waals surface area contributed by atoms with E-state index in [-0.39, 0.29) is 23.8 Å². The van der Waals surface area contributed by atoms with E-state index in [2.05, 4.69) is 36.5 Å². The van der Waals surface area contributed by atoms with Gasteiger partial charge in [-0.15, -0.1) is 0 Å². The van der Waals surface area contributed by atoms with Crippen LogP contribution in [0.1, 0.15) is 88.4 Å². The molecule has 0 spiro atoms. The van der Waals surface area contributed by atoms with Gasteiger partial charge in [-0.1, -0.05) is 98.0 Å². The maximum atomic E-state index is 12.7. The van der Waals surface area contributed by atoms with Gasteiger partial charge in [0.2, 0.25) is 5.91 Å². The summed E-state index contributed by atoms with van der Waals surface area (Å²) in [5, 5.41) is 3.22. The molecule has 0 aliphatic carbocycles. The highest BCUT2D eigenvalue weighted by molar-refractivity contribution is 6.21. The second-order valence-corrected chi connectivity index (χ2v) is 9.50. The van der Waals surface area contributed by atoms with Crippen LogP contribution in [0.15, 0.2) is 78.9 Å². The number of nitrogens with one attached hydrogen (secondary N) is 1. The number of fused-ring (bicyclic) bond motifs is 1. The Morgan fingerprint density at radius 1 is 0.694 bits per heavy atom. The van der Waals surface area contributed by atoms with Gasteiger partial charge in [0.25, 0.3) is 11.8 Å². The van der Waals surface area contributed by atoms with Crippen molar-refractivity contribution in [3.63, 3.8) is 0 Å². The molecule has 186 valence electrons. The lowest BCUT2D eigenvalue weighted by Crippen LogP contribution is -2.30. The number of carbonyl (C=O) groups excluding carboxylic acids is 3. The van der Waals surface area contributed by atoms with Crippen molar-refractivity contribution in [1.82, 2.24) is 10.2 Å². The van der Waals surface area contributed by atoms with E-state index >= 15 is 0 Å². The summed E-state index contributed by atoms with van der Waals surface area (Å²) in [6.07, 6.45) is 6.17. The first kappa shape index (κ1) is 25.4. The second kappa shape index (κ2) is 12.3. The Hall–Kier alpha value is -3.73. The minimum absolute atomic E-state index is 0.0649. The van der Waals surface area contributed by atoms with E-state index in [1.54, 1.807) is 24.3 Å². The van der Waals surface area contributed by atoms with E-state index in [9.17, 15) is 14.4 Å². The number of amides is 3. The summed E-state index contributed by atoms with van der Waals surface area (Å²) < 4.78 is 0. The van der Waals surface area contributed by atoms with Gasteiger partial charge in [-0.3, -0.25) is 19.3 Å². The van der Waals surface area contributed by atoms with Gasteiger partial charge >= 0.3 is 0 Å². The Morgan fingerprint density at radius 3 is 1.86 bits per heavy atom. The summed E-state index contributed by atoms with van der Waals surface area (Å²) >= 11 is 0. The van der Waals surface area contributed by atoms with Crippen molar-refractivity contribution in [1.29, 1.82) is 0 Å². The topological polar surface area (TPSA) is 66.5 Å². The molecule has 1 heterocycles. The standard InChI is InChI=1S/C31H34N2O3/c1-23-18-20-25(21-19-23)29(24-13-7-6-8-14-24)32-28(34)17-9-4-2-3-5-12-22-33-30(35)26-15-10-11-16-27(26)31(33)36/h6-8,10-11,13-16,18-21,29H,2-5,9,12,17,22H2,1H3,(H,32,34). The summed E-state index contributed by atoms with van der Waals surface area (Å²) in [6, 6.07) is 25.2. The largest absolute Gasteiger partial charge is 0.345 e. The molecule has 0 fully saturated rings. The summed E-state index contributed by atoms with van der Waals surface area (Å²) in [7, 11) is 0. The van der Waals surface area contributed by atoms with Crippen molar-refractivity contribution in [2.24, 2.45) is 0 Å². The smallest absolute Gasteiger partial charge is 0.261 e. The molecule has 3 amide bonds. The van der Waals surface area contributed by atoms with Crippen LogP contribution in [0.2, 0.25) is 0 Å². The molecule has 3 aromatic carbocycles. The number of rotatable bonds is 12. The zero-order chi connectivity index (χ0) is 25.3. The molecule has 5 nitrogen and oxygen atoms in total. The monoisotopic (exact) mass is 482 g/mol. The predicted molar refractivity (Wildman–Crippen MR) is 142 cm³/mol. The average molecular weight is 483 g/mol. The van der Waals surface area contributed by atoms with Crippen molar-refractivity contribution >= 4 is 17.7 Å². The van der Waals surface area contributed by atoms with Crippen LogP contribution in [0.3, 0.4) is 0 Å². The number of carbonyl (C=O) groups is 3. The average Bonchev–Trinajstić information content (AvgIpc) is 3.15. The fourth-order valence-corrected chi connectivity index (χ4v) is 4.70. The van der Waals surface area contributed by atoms with E-state index < -0.39 is 0 Å². The Balaban J connectivity index is 1.14. The number of hydrogen-bond donors (Lipinski definition) is 1. The highest BCUT2D eigenvalue weighted by Crippen LogP contribution is 2.24. The molecule has 36 heavy (non-hydrogen) atoms. The van der Waals surface area contributed by atoms with Crippen molar-refractivity contribution in [3.8, 4) is 0 Å². The van der Waals surface area contributed by atoms with Gasteiger partial charge in [-0.05, 0) is 43.0 Å². The van der Waals surface area contributed by atoms with Crippen LogP contribution in [0.4, 0.5) is 0 Å². The van der Waals surface area contributed by atoms with Gasteiger partial charge in [-0.25, -0.2) is 0 Å². The quantitative estimate of drug-likeness (QED) is 0.246. The molecule has 0 radical (unpaired) electrons. The van der Waals surface area contributed by atoms with E-state index in [4.69, 9.17) is 0 Å². The van der Waals surface area contributed by atoms with E-state index in [1.165, 1.54) is 10.5 Å². The molecule has 4 rings (SSSR count). The number of nitrogens with zero attached hydrogens (tertiary/aromatic N) is 1. The van der Waals surface area contributed by atoms with Crippen LogP contribution in [0, 0.1) is 6.92 Å². The molecule has 1 N–H and O–H groups in total. The van der Waals surface area contributed by atoms with Gasteiger partial charge in [0, 0.05) is 13.0 Å². The molecule has 1 aliphatic heterocycles. The normalized spacial score (nSPS) is 13.5. The first-order valence-electron chi connectivity index (χ1n) is 12.9. The number of imide groups is 1. The molecule has 1 unspecified atom stereocenters. The molecule has 0 saturated carbocycles. The van der Waals surface area contributed by atoms with Gasteiger partial charge in [-0.2, -0.15) is 0 Å². The zero-order valence-electron chi connectivity index (χ0n) is 20.9. The molecule has 0 bridgehead atoms. The molecular weight excluding hydrogens is 448 g/mol. The Kier molecular flexibility index (Phi) is 8.66. The van der Waals surface area contributed by atoms with Crippen molar-refractivity contribution in [2.45, 2.75) is 57.9 Å². The first-order chi connectivity index (χ1) is 17.5. The number of hydrogen-bond acceptors (Lipinski definition) is 3. The highest BCUT2D eigenvalue weighted by Gasteiger charge is 2.34. The fourth-order valence-electron chi connectivity index (χ4n) is 4.70. The van der Waals surface area contributed by atoms with E-state index in [1.807, 2.05) is 30.3 Å². The van der Waals surface area contributed by atoms with Crippen LogP contribution >= 0.6 is 0 Å². The maximum absolute atomic E-state index is 12.7. The van der Waals surface area contributed by atoms with Gasteiger partial charge in [0.15, 0.2) is 0 Å².